The van der Waals surface area contributed by atoms with Crippen LogP contribution in [0.4, 0.5) is 0 Å². The second kappa shape index (κ2) is 3.98. The van der Waals surface area contributed by atoms with Gasteiger partial charge in [-0.3, -0.25) is 0 Å². The Morgan fingerprint density at radius 1 is 0.857 bits per heavy atom. The first kappa shape index (κ1) is 9.49. The van der Waals surface area contributed by atoms with Gasteiger partial charge in [0.1, 0.15) is 11.4 Å². The molecule has 14 heavy (non-hydrogen) atoms. The molecule has 2 fully saturated rings. The van der Waals surface area contributed by atoms with Gasteiger partial charge in [-0.05, 0) is 37.5 Å². The van der Waals surface area contributed by atoms with E-state index in [9.17, 15) is 0 Å². The Kier molecular flexibility index (Phi) is 2.70. The van der Waals surface area contributed by atoms with Gasteiger partial charge in [0.2, 0.25) is 0 Å². The van der Waals surface area contributed by atoms with Crippen molar-refractivity contribution in [2.75, 3.05) is 0 Å². The molecule has 0 bridgehead atoms. The molecule has 0 amide bonds. The molecule has 0 aromatic heterocycles. The zero-order valence-electron chi connectivity index (χ0n) is 8.19. The average molecular weight is 196 g/mol. The third kappa shape index (κ3) is 1.61. The molecule has 78 valence electrons. The molecule has 4 heteroatoms. The molecule has 0 spiro atoms. The highest BCUT2D eigenvalue weighted by molar-refractivity contribution is 6.42. The average Bonchev–Trinajstić information content (AvgIpc) is 2.27. The summed E-state index contributed by atoms with van der Waals surface area (Å²) in [6.45, 7) is 0. The highest BCUT2D eigenvalue weighted by Crippen LogP contribution is 2.38. The Bertz CT molecular complexity index is 245. The first-order valence-corrected chi connectivity index (χ1v) is 5.27. The van der Waals surface area contributed by atoms with Crippen LogP contribution in [0.1, 0.15) is 38.5 Å². The van der Waals surface area contributed by atoms with Gasteiger partial charge in [0.15, 0.2) is 0 Å². The largest absolute Gasteiger partial charge is 0.411 e. The summed E-state index contributed by atoms with van der Waals surface area (Å²) in [4.78, 5) is 0. The summed E-state index contributed by atoms with van der Waals surface area (Å²) in [5.41, 5.74) is 1.16. The SMILES string of the molecule is O/N=C1/C[C@H]2CCCC[C@H]2C/C1=N/O. The monoisotopic (exact) mass is 196 g/mol. The normalized spacial score (nSPS) is 38.6. The Labute approximate surface area is 83.3 Å². The van der Waals surface area contributed by atoms with E-state index in [2.05, 4.69) is 10.3 Å². The molecule has 2 saturated carbocycles. The van der Waals surface area contributed by atoms with Crippen molar-refractivity contribution in [1.29, 1.82) is 0 Å². The minimum atomic E-state index is 0.579. The Hall–Kier alpha value is -1.06. The lowest BCUT2D eigenvalue weighted by Gasteiger charge is -2.35. The number of rotatable bonds is 0. The maximum absolute atomic E-state index is 8.78. The van der Waals surface area contributed by atoms with Gasteiger partial charge in [0.05, 0.1) is 0 Å². The molecule has 0 saturated heterocycles. The van der Waals surface area contributed by atoms with Crippen molar-refractivity contribution >= 4 is 11.4 Å². The minimum absolute atomic E-state index is 0.579. The maximum Gasteiger partial charge on any atom is 0.105 e. The van der Waals surface area contributed by atoms with Crippen molar-refractivity contribution in [3.63, 3.8) is 0 Å². The van der Waals surface area contributed by atoms with Crippen molar-refractivity contribution in [1.82, 2.24) is 0 Å². The van der Waals surface area contributed by atoms with Crippen LogP contribution in [0.15, 0.2) is 10.3 Å². The second-order valence-corrected chi connectivity index (χ2v) is 4.31. The Morgan fingerprint density at radius 2 is 1.29 bits per heavy atom. The van der Waals surface area contributed by atoms with Crippen molar-refractivity contribution in [3.8, 4) is 0 Å². The fraction of sp³-hybridized carbons (Fsp3) is 0.800. The van der Waals surface area contributed by atoms with Gasteiger partial charge in [0.25, 0.3) is 0 Å². The summed E-state index contributed by atoms with van der Waals surface area (Å²) >= 11 is 0. The molecular weight excluding hydrogens is 180 g/mol. The lowest BCUT2D eigenvalue weighted by molar-refractivity contribution is 0.235. The number of nitrogens with zero attached hydrogens (tertiary/aromatic N) is 2. The molecule has 0 aromatic rings. The third-order valence-corrected chi connectivity index (χ3v) is 3.55. The van der Waals surface area contributed by atoms with Crippen LogP contribution in [-0.2, 0) is 0 Å². The molecule has 2 atom stereocenters. The molecule has 2 aliphatic rings. The Morgan fingerprint density at radius 3 is 1.64 bits per heavy atom. The third-order valence-electron chi connectivity index (χ3n) is 3.55. The van der Waals surface area contributed by atoms with Crippen LogP contribution < -0.4 is 0 Å². The van der Waals surface area contributed by atoms with Crippen LogP contribution in [0.5, 0.6) is 0 Å². The van der Waals surface area contributed by atoms with Crippen LogP contribution in [-0.4, -0.2) is 21.8 Å². The zero-order valence-corrected chi connectivity index (χ0v) is 8.19. The van der Waals surface area contributed by atoms with Gasteiger partial charge in [-0.25, -0.2) is 0 Å². The van der Waals surface area contributed by atoms with E-state index >= 15 is 0 Å². The fourth-order valence-electron chi connectivity index (χ4n) is 2.75. The topological polar surface area (TPSA) is 65.2 Å². The fourth-order valence-corrected chi connectivity index (χ4v) is 2.75. The van der Waals surface area contributed by atoms with Gasteiger partial charge in [0, 0.05) is 0 Å². The highest BCUT2D eigenvalue weighted by Gasteiger charge is 2.34. The summed E-state index contributed by atoms with van der Waals surface area (Å²) in [6.07, 6.45) is 6.57. The zero-order chi connectivity index (χ0) is 9.97. The van der Waals surface area contributed by atoms with Crippen LogP contribution >= 0.6 is 0 Å². The summed E-state index contributed by atoms with van der Waals surface area (Å²) < 4.78 is 0. The highest BCUT2D eigenvalue weighted by atomic mass is 16.4. The van der Waals surface area contributed by atoms with E-state index in [1.807, 2.05) is 0 Å². The van der Waals surface area contributed by atoms with Gasteiger partial charge >= 0.3 is 0 Å². The number of hydrogen-bond acceptors (Lipinski definition) is 4. The summed E-state index contributed by atoms with van der Waals surface area (Å²) in [5, 5.41) is 24.0. The van der Waals surface area contributed by atoms with Crippen LogP contribution in [0.25, 0.3) is 0 Å². The first-order chi connectivity index (χ1) is 6.85. The smallest absolute Gasteiger partial charge is 0.105 e. The quantitative estimate of drug-likeness (QED) is 0.461. The van der Waals surface area contributed by atoms with E-state index in [1.54, 1.807) is 0 Å². The van der Waals surface area contributed by atoms with Crippen molar-refractivity contribution in [2.24, 2.45) is 22.1 Å². The molecule has 2 rings (SSSR count). The number of fused-ring (bicyclic) bond motifs is 1. The van der Waals surface area contributed by atoms with E-state index in [-0.39, 0.29) is 0 Å². The lowest BCUT2D eigenvalue weighted by atomic mass is 9.70. The minimum Gasteiger partial charge on any atom is -0.411 e. The van der Waals surface area contributed by atoms with E-state index < -0.39 is 0 Å². The summed E-state index contributed by atoms with van der Waals surface area (Å²) in [6, 6.07) is 0. The summed E-state index contributed by atoms with van der Waals surface area (Å²) in [7, 11) is 0. The lowest BCUT2D eigenvalue weighted by Crippen LogP contribution is -2.34. The molecule has 2 N–H and O–H groups in total. The molecule has 0 unspecified atom stereocenters. The number of oxime groups is 2. The van der Waals surface area contributed by atoms with Crippen LogP contribution in [0, 0.1) is 11.8 Å². The second-order valence-electron chi connectivity index (χ2n) is 4.31. The van der Waals surface area contributed by atoms with Crippen molar-refractivity contribution in [2.45, 2.75) is 38.5 Å². The van der Waals surface area contributed by atoms with E-state index in [1.165, 1.54) is 25.7 Å². The van der Waals surface area contributed by atoms with Gasteiger partial charge in [-0.2, -0.15) is 0 Å². The molecule has 0 aromatic carbocycles. The number of hydrogen-bond donors (Lipinski definition) is 2. The van der Waals surface area contributed by atoms with Gasteiger partial charge < -0.3 is 10.4 Å². The van der Waals surface area contributed by atoms with Crippen LogP contribution in [0.3, 0.4) is 0 Å². The standard InChI is InChI=1S/C10H16N2O2/c13-11-9-5-7-3-1-2-4-8(7)6-10(9)12-14/h7-8,13-14H,1-6H2/b11-9-,12-10-/t7-,8+. The molecule has 2 aliphatic carbocycles. The maximum atomic E-state index is 8.78. The molecule has 4 nitrogen and oxygen atoms in total. The molecule has 0 heterocycles. The predicted octanol–water partition coefficient (Wildman–Crippen LogP) is 2.25. The molecule has 0 aliphatic heterocycles. The predicted molar refractivity (Wildman–Crippen MR) is 53.1 cm³/mol. The molecule has 0 radical (unpaired) electrons. The van der Waals surface area contributed by atoms with Gasteiger partial charge in [-0.15, -0.1) is 0 Å². The van der Waals surface area contributed by atoms with E-state index in [0.29, 0.717) is 23.3 Å². The summed E-state index contributed by atoms with van der Waals surface area (Å²) in [5.74, 6) is 1.28. The van der Waals surface area contributed by atoms with E-state index in [0.717, 1.165) is 12.8 Å². The van der Waals surface area contributed by atoms with Crippen molar-refractivity contribution in [3.05, 3.63) is 0 Å². The van der Waals surface area contributed by atoms with Crippen LogP contribution in [0.2, 0.25) is 0 Å². The first-order valence-electron chi connectivity index (χ1n) is 5.27. The van der Waals surface area contributed by atoms with Crippen molar-refractivity contribution < 1.29 is 10.4 Å². The Balaban J connectivity index is 2.14. The van der Waals surface area contributed by atoms with Gasteiger partial charge in [-0.1, -0.05) is 23.2 Å². The van der Waals surface area contributed by atoms with E-state index in [4.69, 9.17) is 10.4 Å². The molecular formula is C10H16N2O2.